The van der Waals surface area contributed by atoms with Crippen LogP contribution in [-0.2, 0) is 20.7 Å². The topological polar surface area (TPSA) is 38.8 Å². The largest absolute Gasteiger partial charge is 0.350 e. The van der Waals surface area contributed by atoms with Crippen LogP contribution in [-0.4, -0.2) is 43.4 Å². The molecule has 3 rings (SSSR count). The van der Waals surface area contributed by atoms with E-state index in [1.54, 1.807) is 6.07 Å². The molecule has 0 radical (unpaired) electrons. The van der Waals surface area contributed by atoms with Crippen LogP contribution in [0.4, 0.5) is 4.39 Å². The third-order valence-electron chi connectivity index (χ3n) is 4.65. The molecular formula is C18H24FNO3. The van der Waals surface area contributed by atoms with E-state index in [9.17, 15) is 9.18 Å². The van der Waals surface area contributed by atoms with E-state index in [1.807, 2.05) is 17.9 Å². The molecule has 0 spiro atoms. The Hall–Kier alpha value is -1.46. The second-order valence-corrected chi connectivity index (χ2v) is 6.53. The van der Waals surface area contributed by atoms with Crippen molar-refractivity contribution in [2.24, 2.45) is 11.8 Å². The summed E-state index contributed by atoms with van der Waals surface area (Å²) in [5, 5.41) is 0. The van der Waals surface area contributed by atoms with Gasteiger partial charge in [-0.1, -0.05) is 19.1 Å². The van der Waals surface area contributed by atoms with Crippen molar-refractivity contribution in [3.05, 3.63) is 35.6 Å². The zero-order chi connectivity index (χ0) is 16.2. The zero-order valence-electron chi connectivity index (χ0n) is 13.5. The maximum atomic E-state index is 13.3. The van der Waals surface area contributed by atoms with Crippen LogP contribution in [0, 0.1) is 17.7 Å². The van der Waals surface area contributed by atoms with Crippen molar-refractivity contribution in [2.75, 3.05) is 26.3 Å². The van der Waals surface area contributed by atoms with E-state index in [-0.39, 0.29) is 29.9 Å². The molecule has 2 heterocycles. The van der Waals surface area contributed by atoms with E-state index >= 15 is 0 Å². The minimum atomic E-state index is -0.254. The summed E-state index contributed by atoms with van der Waals surface area (Å²) in [6.07, 6.45) is 2.41. The summed E-state index contributed by atoms with van der Waals surface area (Å²) >= 11 is 0. The van der Waals surface area contributed by atoms with Crippen LogP contribution < -0.4 is 0 Å². The summed E-state index contributed by atoms with van der Waals surface area (Å²) in [6, 6.07) is 6.48. The molecule has 0 N–H and O–H groups in total. The lowest BCUT2D eigenvalue weighted by Crippen LogP contribution is -2.46. The molecule has 0 aliphatic carbocycles. The van der Waals surface area contributed by atoms with Crippen molar-refractivity contribution in [1.82, 2.24) is 4.90 Å². The summed E-state index contributed by atoms with van der Waals surface area (Å²) in [5.74, 6) is -0.00907. The van der Waals surface area contributed by atoms with E-state index in [1.165, 1.54) is 12.1 Å². The molecule has 2 fully saturated rings. The summed E-state index contributed by atoms with van der Waals surface area (Å²) < 4.78 is 24.5. The average Bonchev–Trinajstić information content (AvgIpc) is 3.09. The maximum Gasteiger partial charge on any atom is 0.225 e. The second kappa shape index (κ2) is 7.41. The summed E-state index contributed by atoms with van der Waals surface area (Å²) in [6.45, 7) is 4.68. The summed E-state index contributed by atoms with van der Waals surface area (Å²) in [7, 11) is 0. The zero-order valence-corrected chi connectivity index (χ0v) is 13.5. The van der Waals surface area contributed by atoms with E-state index in [2.05, 4.69) is 0 Å². The molecule has 0 bridgehead atoms. The Morgan fingerprint density at radius 3 is 2.91 bits per heavy atom. The van der Waals surface area contributed by atoms with Gasteiger partial charge in [-0.15, -0.1) is 0 Å². The van der Waals surface area contributed by atoms with Gasteiger partial charge in [-0.25, -0.2) is 4.39 Å². The van der Waals surface area contributed by atoms with Crippen LogP contribution in [0.15, 0.2) is 24.3 Å². The Kier molecular flexibility index (Phi) is 5.28. The first kappa shape index (κ1) is 16.4. The van der Waals surface area contributed by atoms with Gasteiger partial charge in [0.15, 0.2) is 6.29 Å². The van der Waals surface area contributed by atoms with Crippen LogP contribution in [0.3, 0.4) is 0 Å². The molecule has 2 aliphatic rings. The van der Waals surface area contributed by atoms with Gasteiger partial charge in [0, 0.05) is 24.9 Å². The number of benzene rings is 1. The number of halogens is 1. The van der Waals surface area contributed by atoms with Crippen molar-refractivity contribution in [3.8, 4) is 0 Å². The average molecular weight is 321 g/mol. The Bertz CT molecular complexity index is 545. The van der Waals surface area contributed by atoms with Crippen molar-refractivity contribution in [2.45, 2.75) is 32.5 Å². The van der Waals surface area contributed by atoms with Crippen LogP contribution in [0.5, 0.6) is 0 Å². The van der Waals surface area contributed by atoms with Gasteiger partial charge in [0.1, 0.15) is 5.82 Å². The highest BCUT2D eigenvalue weighted by Crippen LogP contribution is 2.26. The molecule has 2 aliphatic heterocycles. The molecule has 0 saturated carbocycles. The predicted octanol–water partition coefficient (Wildman–Crippen LogP) is 2.62. The lowest BCUT2D eigenvalue weighted by atomic mass is 9.94. The van der Waals surface area contributed by atoms with E-state index < -0.39 is 0 Å². The predicted molar refractivity (Wildman–Crippen MR) is 84.3 cm³/mol. The quantitative estimate of drug-likeness (QED) is 0.856. The fourth-order valence-corrected chi connectivity index (χ4v) is 3.50. The molecule has 1 amide bonds. The Balaban J connectivity index is 1.57. The van der Waals surface area contributed by atoms with Gasteiger partial charge in [-0.2, -0.15) is 0 Å². The third kappa shape index (κ3) is 4.09. The van der Waals surface area contributed by atoms with Gasteiger partial charge in [0.05, 0.1) is 13.2 Å². The normalized spacial score (nSPS) is 23.9. The highest BCUT2D eigenvalue weighted by molar-refractivity contribution is 5.78. The molecule has 2 unspecified atom stereocenters. The van der Waals surface area contributed by atoms with Gasteiger partial charge in [0.25, 0.3) is 0 Å². The second-order valence-electron chi connectivity index (χ2n) is 6.53. The van der Waals surface area contributed by atoms with Gasteiger partial charge < -0.3 is 14.4 Å². The number of carbonyl (C=O) groups is 1. The van der Waals surface area contributed by atoms with E-state index in [4.69, 9.17) is 9.47 Å². The number of carbonyl (C=O) groups excluding carboxylic acids is 1. The third-order valence-corrected chi connectivity index (χ3v) is 4.65. The van der Waals surface area contributed by atoms with Crippen molar-refractivity contribution >= 4 is 5.91 Å². The smallest absolute Gasteiger partial charge is 0.225 e. The fraction of sp³-hybridized carbons (Fsp3) is 0.611. The highest BCUT2D eigenvalue weighted by Gasteiger charge is 2.33. The molecular weight excluding hydrogens is 297 g/mol. The molecule has 0 aromatic heterocycles. The molecule has 2 atom stereocenters. The summed E-state index contributed by atoms with van der Waals surface area (Å²) in [5.41, 5.74) is 0.863. The van der Waals surface area contributed by atoms with Gasteiger partial charge in [0.2, 0.25) is 5.91 Å². The summed E-state index contributed by atoms with van der Waals surface area (Å²) in [4.78, 5) is 14.6. The molecule has 4 nitrogen and oxygen atoms in total. The SMILES string of the molecule is CC(Cc1cccc(F)c1)C(=O)N1CCCC(C2OCCO2)C1. The van der Waals surface area contributed by atoms with Crippen LogP contribution in [0.2, 0.25) is 0 Å². The van der Waals surface area contributed by atoms with Crippen molar-refractivity contribution in [1.29, 1.82) is 0 Å². The van der Waals surface area contributed by atoms with E-state index in [0.29, 0.717) is 26.2 Å². The number of amides is 1. The first-order valence-corrected chi connectivity index (χ1v) is 8.40. The fourth-order valence-electron chi connectivity index (χ4n) is 3.50. The van der Waals surface area contributed by atoms with E-state index in [0.717, 1.165) is 24.9 Å². The molecule has 126 valence electrons. The Morgan fingerprint density at radius 2 is 2.17 bits per heavy atom. The number of rotatable bonds is 4. The van der Waals surface area contributed by atoms with Gasteiger partial charge >= 0.3 is 0 Å². The number of likely N-dealkylation sites (tertiary alicyclic amines) is 1. The number of ether oxygens (including phenoxy) is 2. The van der Waals surface area contributed by atoms with Gasteiger partial charge in [-0.3, -0.25) is 4.79 Å². The maximum absolute atomic E-state index is 13.3. The Morgan fingerprint density at radius 1 is 1.39 bits per heavy atom. The van der Waals surface area contributed by atoms with Crippen LogP contribution in [0.1, 0.15) is 25.3 Å². The van der Waals surface area contributed by atoms with Gasteiger partial charge in [-0.05, 0) is 37.0 Å². The first-order valence-electron chi connectivity index (χ1n) is 8.40. The number of nitrogens with zero attached hydrogens (tertiary/aromatic N) is 1. The molecule has 1 aromatic rings. The van der Waals surface area contributed by atoms with Crippen molar-refractivity contribution in [3.63, 3.8) is 0 Å². The van der Waals surface area contributed by atoms with Crippen LogP contribution in [0.25, 0.3) is 0 Å². The first-order chi connectivity index (χ1) is 11.1. The lowest BCUT2D eigenvalue weighted by molar-refractivity contribution is -0.142. The molecule has 23 heavy (non-hydrogen) atoms. The highest BCUT2D eigenvalue weighted by atomic mass is 19.1. The number of hydrogen-bond acceptors (Lipinski definition) is 3. The lowest BCUT2D eigenvalue weighted by Gasteiger charge is -2.36. The number of hydrogen-bond donors (Lipinski definition) is 0. The van der Waals surface area contributed by atoms with Crippen LogP contribution >= 0.6 is 0 Å². The molecule has 5 heteroatoms. The monoisotopic (exact) mass is 321 g/mol. The Labute approximate surface area is 136 Å². The number of piperidine rings is 1. The molecule has 2 saturated heterocycles. The standard InChI is InChI=1S/C18H24FNO3/c1-13(10-14-4-2-6-16(19)11-14)17(21)20-7-3-5-15(12-20)18-22-8-9-23-18/h2,4,6,11,13,15,18H,3,5,7-10,12H2,1H3. The molecule has 1 aromatic carbocycles. The minimum absolute atomic E-state index is 0.136. The minimum Gasteiger partial charge on any atom is -0.350 e. The van der Waals surface area contributed by atoms with Crippen molar-refractivity contribution < 1.29 is 18.7 Å².